The second-order valence-corrected chi connectivity index (χ2v) is 4.47. The lowest BCUT2D eigenvalue weighted by Gasteiger charge is -2.23. The summed E-state index contributed by atoms with van der Waals surface area (Å²) in [5, 5.41) is 20.9. The molecule has 1 atom stereocenters. The van der Waals surface area contributed by atoms with Crippen LogP contribution < -0.4 is 10.5 Å². The molecule has 19 heavy (non-hydrogen) atoms. The Labute approximate surface area is 113 Å². The summed E-state index contributed by atoms with van der Waals surface area (Å²) in [6.45, 7) is 2.69. The van der Waals surface area contributed by atoms with Gasteiger partial charge in [-0.15, -0.1) is 0 Å². The number of benzene rings is 1. The maximum atomic E-state index is 9.11. The van der Waals surface area contributed by atoms with Crippen LogP contribution in [0.1, 0.15) is 18.1 Å². The number of ether oxygens (including phenoxy) is 1. The highest BCUT2D eigenvalue weighted by atomic mass is 16.5. The molecule has 0 aliphatic rings. The van der Waals surface area contributed by atoms with Gasteiger partial charge in [0.25, 0.3) is 0 Å². The van der Waals surface area contributed by atoms with Crippen LogP contribution >= 0.6 is 0 Å². The number of rotatable bonds is 6. The second kappa shape index (κ2) is 6.96. The lowest BCUT2D eigenvalue weighted by atomic mass is 10.1. The summed E-state index contributed by atoms with van der Waals surface area (Å²) in [4.78, 5) is 2.01. The molecular weight excluding hydrogens is 246 g/mol. The molecule has 0 aliphatic carbocycles. The molecule has 6 nitrogen and oxygen atoms in total. The molecule has 0 bridgehead atoms. The average Bonchev–Trinajstić information content (AvgIpc) is 2.45. The number of aliphatic hydroxyl groups excluding tert-OH is 1. The molecular formula is C13H21N3O3. The van der Waals surface area contributed by atoms with Crippen LogP contribution in [0.25, 0.3) is 0 Å². The highest BCUT2D eigenvalue weighted by molar-refractivity contribution is 5.99. The van der Waals surface area contributed by atoms with Crippen molar-refractivity contribution in [2.45, 2.75) is 19.5 Å². The van der Waals surface area contributed by atoms with Gasteiger partial charge < -0.3 is 20.8 Å². The van der Waals surface area contributed by atoms with E-state index in [0.29, 0.717) is 17.9 Å². The first kappa shape index (κ1) is 15.3. The zero-order valence-electron chi connectivity index (χ0n) is 11.5. The fourth-order valence-electron chi connectivity index (χ4n) is 1.69. The summed E-state index contributed by atoms with van der Waals surface area (Å²) >= 11 is 0. The van der Waals surface area contributed by atoms with Crippen molar-refractivity contribution >= 4 is 5.84 Å². The Morgan fingerprint density at radius 3 is 2.74 bits per heavy atom. The number of aliphatic hydroxyl groups is 1. The number of oxime groups is 1. The first-order chi connectivity index (χ1) is 9.03. The third kappa shape index (κ3) is 3.84. The average molecular weight is 267 g/mol. The van der Waals surface area contributed by atoms with Gasteiger partial charge in [-0.05, 0) is 31.7 Å². The van der Waals surface area contributed by atoms with Gasteiger partial charge in [0.2, 0.25) is 0 Å². The summed E-state index contributed by atoms with van der Waals surface area (Å²) in [6.07, 6.45) is 0. The van der Waals surface area contributed by atoms with Crippen LogP contribution in [0.3, 0.4) is 0 Å². The van der Waals surface area contributed by atoms with Gasteiger partial charge in [0.05, 0.1) is 19.3 Å². The molecule has 106 valence electrons. The Bertz CT molecular complexity index is 449. The molecule has 0 aromatic heterocycles. The standard InChI is InChI=1S/C13H21N3O3/c1-9(8-17)16(2)7-10-4-5-12(19-3)11(6-10)13(14)15-18/h4-6,9,17-18H,7-8H2,1-3H3,(H2,14,15). The van der Waals surface area contributed by atoms with E-state index in [-0.39, 0.29) is 18.5 Å². The van der Waals surface area contributed by atoms with Gasteiger partial charge in [-0.1, -0.05) is 11.2 Å². The molecule has 0 saturated heterocycles. The minimum Gasteiger partial charge on any atom is -0.496 e. The van der Waals surface area contributed by atoms with Gasteiger partial charge in [-0.2, -0.15) is 0 Å². The molecule has 4 N–H and O–H groups in total. The predicted molar refractivity (Wildman–Crippen MR) is 73.5 cm³/mol. The van der Waals surface area contributed by atoms with Crippen LogP contribution in [-0.2, 0) is 6.54 Å². The van der Waals surface area contributed by atoms with Crippen molar-refractivity contribution in [2.24, 2.45) is 10.9 Å². The minimum atomic E-state index is 0.0107. The van der Waals surface area contributed by atoms with E-state index < -0.39 is 0 Å². The van der Waals surface area contributed by atoms with Gasteiger partial charge in [0.1, 0.15) is 5.75 Å². The molecule has 1 rings (SSSR count). The molecule has 0 aliphatic heterocycles. The monoisotopic (exact) mass is 267 g/mol. The molecule has 6 heteroatoms. The van der Waals surface area contributed by atoms with Crippen LogP contribution in [0, 0.1) is 0 Å². The molecule has 1 unspecified atom stereocenters. The smallest absolute Gasteiger partial charge is 0.173 e. The zero-order valence-corrected chi connectivity index (χ0v) is 11.5. The van der Waals surface area contributed by atoms with E-state index in [4.69, 9.17) is 20.8 Å². The lowest BCUT2D eigenvalue weighted by Crippen LogP contribution is -2.31. The first-order valence-corrected chi connectivity index (χ1v) is 5.99. The van der Waals surface area contributed by atoms with Crippen molar-refractivity contribution in [1.29, 1.82) is 0 Å². The van der Waals surface area contributed by atoms with Crippen LogP contribution in [0.15, 0.2) is 23.4 Å². The summed E-state index contributed by atoms with van der Waals surface area (Å²) in [5.41, 5.74) is 7.16. The predicted octanol–water partition coefficient (Wildman–Crippen LogP) is 0.602. The highest BCUT2D eigenvalue weighted by Crippen LogP contribution is 2.20. The van der Waals surface area contributed by atoms with E-state index in [0.717, 1.165) is 5.56 Å². The van der Waals surface area contributed by atoms with Crippen LogP contribution in [0.2, 0.25) is 0 Å². The van der Waals surface area contributed by atoms with Crippen molar-refractivity contribution in [1.82, 2.24) is 4.90 Å². The minimum absolute atomic E-state index is 0.0107. The van der Waals surface area contributed by atoms with Gasteiger partial charge in [-0.25, -0.2) is 0 Å². The number of amidine groups is 1. The summed E-state index contributed by atoms with van der Waals surface area (Å²) in [6, 6.07) is 5.57. The SMILES string of the molecule is COc1ccc(CN(C)C(C)CO)cc1/C(N)=N/O. The lowest BCUT2D eigenvalue weighted by molar-refractivity contribution is 0.154. The van der Waals surface area contributed by atoms with E-state index in [1.165, 1.54) is 7.11 Å². The Morgan fingerprint density at radius 1 is 1.53 bits per heavy atom. The van der Waals surface area contributed by atoms with E-state index in [2.05, 4.69) is 5.16 Å². The van der Waals surface area contributed by atoms with Crippen molar-refractivity contribution in [2.75, 3.05) is 20.8 Å². The molecule has 1 aromatic rings. The number of likely N-dealkylation sites (N-methyl/N-ethyl adjacent to an activating group) is 1. The molecule has 0 spiro atoms. The van der Waals surface area contributed by atoms with Crippen molar-refractivity contribution in [3.8, 4) is 5.75 Å². The third-order valence-electron chi connectivity index (χ3n) is 3.10. The number of hydrogen-bond donors (Lipinski definition) is 3. The fourth-order valence-corrected chi connectivity index (χ4v) is 1.69. The Kier molecular flexibility index (Phi) is 5.59. The molecule has 0 saturated carbocycles. The molecule has 0 amide bonds. The first-order valence-electron chi connectivity index (χ1n) is 5.99. The quantitative estimate of drug-likeness (QED) is 0.304. The van der Waals surface area contributed by atoms with Crippen molar-refractivity contribution in [3.63, 3.8) is 0 Å². The summed E-state index contributed by atoms with van der Waals surface area (Å²) in [5.74, 6) is 0.563. The fraction of sp³-hybridized carbons (Fsp3) is 0.462. The number of nitrogens with zero attached hydrogens (tertiary/aromatic N) is 2. The van der Waals surface area contributed by atoms with E-state index in [1.54, 1.807) is 6.07 Å². The van der Waals surface area contributed by atoms with Crippen molar-refractivity contribution in [3.05, 3.63) is 29.3 Å². The van der Waals surface area contributed by atoms with Gasteiger partial charge >= 0.3 is 0 Å². The molecule has 0 radical (unpaired) electrons. The van der Waals surface area contributed by atoms with E-state index in [9.17, 15) is 0 Å². The number of hydrogen-bond acceptors (Lipinski definition) is 5. The normalized spacial score (nSPS) is 13.6. The largest absolute Gasteiger partial charge is 0.496 e. The molecule has 1 aromatic carbocycles. The zero-order chi connectivity index (χ0) is 14.4. The van der Waals surface area contributed by atoms with Crippen LogP contribution in [0.4, 0.5) is 0 Å². The summed E-state index contributed by atoms with van der Waals surface area (Å²) < 4.78 is 5.17. The maximum absolute atomic E-state index is 9.11. The van der Waals surface area contributed by atoms with Crippen molar-refractivity contribution < 1.29 is 15.1 Å². The second-order valence-electron chi connectivity index (χ2n) is 4.47. The highest BCUT2D eigenvalue weighted by Gasteiger charge is 2.12. The van der Waals surface area contributed by atoms with Gasteiger partial charge in [0.15, 0.2) is 5.84 Å². The van der Waals surface area contributed by atoms with E-state index >= 15 is 0 Å². The topological polar surface area (TPSA) is 91.3 Å². The third-order valence-corrected chi connectivity index (χ3v) is 3.10. The molecule has 0 heterocycles. The van der Waals surface area contributed by atoms with E-state index in [1.807, 2.05) is 31.0 Å². The number of nitrogens with two attached hydrogens (primary N) is 1. The summed E-state index contributed by atoms with van der Waals surface area (Å²) in [7, 11) is 3.46. The van der Waals surface area contributed by atoms with Gasteiger partial charge in [0, 0.05) is 12.6 Å². The Balaban J connectivity index is 2.99. The van der Waals surface area contributed by atoms with Crippen LogP contribution in [0.5, 0.6) is 5.75 Å². The Hall–Kier alpha value is -1.79. The molecule has 0 fully saturated rings. The van der Waals surface area contributed by atoms with Crippen LogP contribution in [-0.4, -0.2) is 47.9 Å². The number of methoxy groups -OCH3 is 1. The Morgan fingerprint density at radius 2 is 2.21 bits per heavy atom. The maximum Gasteiger partial charge on any atom is 0.173 e. The van der Waals surface area contributed by atoms with Gasteiger partial charge in [-0.3, -0.25) is 4.90 Å².